The van der Waals surface area contributed by atoms with Gasteiger partial charge in [-0.25, -0.2) is 0 Å². The zero-order chi connectivity index (χ0) is 15.8. The van der Waals surface area contributed by atoms with Gasteiger partial charge >= 0.3 is 0 Å². The zero-order valence-electron chi connectivity index (χ0n) is 13.3. The summed E-state index contributed by atoms with van der Waals surface area (Å²) < 4.78 is 5.69. The molecule has 0 N–H and O–H groups in total. The predicted molar refractivity (Wildman–Crippen MR) is 101 cm³/mol. The maximum absolute atomic E-state index is 5.69. The first-order valence-corrected chi connectivity index (χ1v) is 8.25. The number of hydrogen-bond acceptors (Lipinski definition) is 1. The van der Waals surface area contributed by atoms with E-state index in [-0.39, 0.29) is 0 Å². The number of hydrogen-bond donors (Lipinski definition) is 0. The second-order valence-electron chi connectivity index (χ2n) is 6.54. The summed E-state index contributed by atoms with van der Waals surface area (Å²) in [5.74, 6) is 0.953. The van der Waals surface area contributed by atoms with Crippen LogP contribution >= 0.6 is 0 Å². The van der Waals surface area contributed by atoms with Crippen molar-refractivity contribution in [1.29, 1.82) is 0 Å². The first-order chi connectivity index (χ1) is 11.9. The van der Waals surface area contributed by atoms with Crippen LogP contribution in [0, 0.1) is 0 Å². The van der Waals surface area contributed by atoms with Crippen LogP contribution in [0.5, 0.6) is 5.75 Å². The van der Waals surface area contributed by atoms with Crippen LogP contribution in [0.1, 0.15) is 0 Å². The highest BCUT2D eigenvalue weighted by atomic mass is 16.5. The third kappa shape index (κ3) is 1.28. The molecule has 0 saturated heterocycles. The van der Waals surface area contributed by atoms with E-state index >= 15 is 0 Å². The predicted octanol–water partition coefficient (Wildman–Crippen LogP) is 6.24. The molecule has 1 heteroatoms. The Hall–Kier alpha value is -3.06. The SMILES string of the molecule is COc1cccc2c1-c1cc3cccc4ccc5ccc-2c1c5c43. The molecule has 0 radical (unpaired) electrons. The Balaban J connectivity index is 1.97. The van der Waals surface area contributed by atoms with Crippen LogP contribution in [0.4, 0.5) is 0 Å². The van der Waals surface area contributed by atoms with Crippen molar-refractivity contribution in [2.45, 2.75) is 0 Å². The molecule has 112 valence electrons. The Morgan fingerprint density at radius 3 is 2.21 bits per heavy atom. The fourth-order valence-corrected chi connectivity index (χ4v) is 4.48. The number of methoxy groups -OCH3 is 1. The van der Waals surface area contributed by atoms with Gasteiger partial charge in [0.05, 0.1) is 7.11 Å². The van der Waals surface area contributed by atoms with Gasteiger partial charge in [0.1, 0.15) is 5.75 Å². The summed E-state index contributed by atoms with van der Waals surface area (Å²) >= 11 is 0. The van der Waals surface area contributed by atoms with Crippen LogP contribution in [0.2, 0.25) is 0 Å². The normalized spacial score (nSPS) is 12.4. The van der Waals surface area contributed by atoms with Crippen molar-refractivity contribution in [2.75, 3.05) is 7.11 Å². The monoisotopic (exact) mass is 306 g/mol. The highest BCUT2D eigenvalue weighted by molar-refractivity contribution is 6.32. The van der Waals surface area contributed by atoms with Crippen molar-refractivity contribution in [3.05, 3.63) is 66.7 Å². The highest BCUT2D eigenvalue weighted by Gasteiger charge is 2.26. The average molecular weight is 306 g/mol. The molecule has 0 amide bonds. The van der Waals surface area contributed by atoms with Gasteiger partial charge in [0.15, 0.2) is 0 Å². The Morgan fingerprint density at radius 2 is 1.33 bits per heavy atom. The molecule has 0 aliphatic heterocycles. The second kappa shape index (κ2) is 4.07. The zero-order valence-corrected chi connectivity index (χ0v) is 13.3. The largest absolute Gasteiger partial charge is 0.496 e. The third-order valence-corrected chi connectivity index (χ3v) is 5.43. The maximum atomic E-state index is 5.69. The van der Waals surface area contributed by atoms with Crippen molar-refractivity contribution in [2.24, 2.45) is 0 Å². The van der Waals surface area contributed by atoms with Crippen LogP contribution in [0.15, 0.2) is 66.7 Å². The minimum Gasteiger partial charge on any atom is -0.496 e. The molecule has 0 spiro atoms. The second-order valence-corrected chi connectivity index (χ2v) is 6.54. The molecule has 5 aromatic rings. The summed E-state index contributed by atoms with van der Waals surface area (Å²) in [6, 6.07) is 24.2. The molecule has 0 fully saturated rings. The molecule has 0 heterocycles. The van der Waals surface area contributed by atoms with Gasteiger partial charge in [-0.05, 0) is 61.1 Å². The lowest BCUT2D eigenvalue weighted by Gasteiger charge is -2.13. The molecule has 1 aliphatic rings. The van der Waals surface area contributed by atoms with Gasteiger partial charge in [-0.3, -0.25) is 0 Å². The summed E-state index contributed by atoms with van der Waals surface area (Å²) in [6.07, 6.45) is 0. The van der Waals surface area contributed by atoms with Crippen LogP contribution < -0.4 is 4.74 Å². The molecule has 0 aromatic heterocycles. The van der Waals surface area contributed by atoms with Crippen LogP contribution in [0.3, 0.4) is 0 Å². The van der Waals surface area contributed by atoms with Crippen LogP contribution in [-0.2, 0) is 0 Å². The highest BCUT2D eigenvalue weighted by Crippen LogP contribution is 2.54. The van der Waals surface area contributed by atoms with Crippen molar-refractivity contribution in [3.8, 4) is 28.0 Å². The summed E-state index contributed by atoms with van der Waals surface area (Å²) in [5, 5.41) is 8.06. The van der Waals surface area contributed by atoms with E-state index in [9.17, 15) is 0 Å². The van der Waals surface area contributed by atoms with Gasteiger partial charge in [-0.2, -0.15) is 0 Å². The van der Waals surface area contributed by atoms with E-state index in [1.165, 1.54) is 54.6 Å². The van der Waals surface area contributed by atoms with Crippen molar-refractivity contribution in [1.82, 2.24) is 0 Å². The number of rotatable bonds is 1. The molecule has 5 aromatic carbocycles. The topological polar surface area (TPSA) is 9.23 Å². The standard InChI is InChI=1S/C23H14O/c1-24-19-7-3-6-16-17-11-10-14-9-8-13-4-2-5-15-12-18(22(16)19)23(17)21(14)20(13)15/h2-12H,1H3. The molecule has 0 atom stereocenters. The Kier molecular flexibility index (Phi) is 2.10. The van der Waals surface area contributed by atoms with E-state index in [1.54, 1.807) is 7.11 Å². The van der Waals surface area contributed by atoms with Crippen molar-refractivity contribution in [3.63, 3.8) is 0 Å². The van der Waals surface area contributed by atoms with Gasteiger partial charge < -0.3 is 4.74 Å². The fourth-order valence-electron chi connectivity index (χ4n) is 4.48. The van der Waals surface area contributed by atoms with Gasteiger partial charge in [0, 0.05) is 5.56 Å². The lowest BCUT2D eigenvalue weighted by molar-refractivity contribution is 0.417. The van der Waals surface area contributed by atoms with Crippen molar-refractivity contribution < 1.29 is 4.74 Å². The molecule has 1 aliphatic carbocycles. The fraction of sp³-hybridized carbons (Fsp3) is 0.0435. The lowest BCUT2D eigenvalue weighted by Crippen LogP contribution is -1.87. The first-order valence-electron chi connectivity index (χ1n) is 8.25. The van der Waals surface area contributed by atoms with E-state index in [4.69, 9.17) is 4.74 Å². The molecule has 1 nitrogen and oxygen atoms in total. The van der Waals surface area contributed by atoms with E-state index < -0.39 is 0 Å². The lowest BCUT2D eigenvalue weighted by atomic mass is 9.91. The number of ether oxygens (including phenoxy) is 1. The molecular weight excluding hydrogens is 292 g/mol. The van der Waals surface area contributed by atoms with Gasteiger partial charge in [0.2, 0.25) is 0 Å². The average Bonchev–Trinajstić information content (AvgIpc) is 2.97. The van der Waals surface area contributed by atoms with Crippen LogP contribution in [-0.4, -0.2) is 7.11 Å². The van der Waals surface area contributed by atoms with E-state index in [0.717, 1.165) is 5.75 Å². The smallest absolute Gasteiger partial charge is 0.127 e. The summed E-state index contributed by atoms with van der Waals surface area (Å²) in [5.41, 5.74) is 5.13. The Morgan fingerprint density at radius 1 is 0.583 bits per heavy atom. The number of benzene rings is 5. The molecule has 24 heavy (non-hydrogen) atoms. The van der Waals surface area contributed by atoms with E-state index in [2.05, 4.69) is 66.7 Å². The molecule has 0 saturated carbocycles. The molecule has 6 rings (SSSR count). The van der Waals surface area contributed by atoms with Gasteiger partial charge in [-0.1, -0.05) is 54.6 Å². The van der Waals surface area contributed by atoms with Crippen molar-refractivity contribution >= 4 is 32.3 Å². The minimum absolute atomic E-state index is 0.953. The van der Waals surface area contributed by atoms with Gasteiger partial charge in [0.25, 0.3) is 0 Å². The maximum Gasteiger partial charge on any atom is 0.127 e. The summed E-state index contributed by atoms with van der Waals surface area (Å²) in [4.78, 5) is 0. The number of fused-ring (bicyclic) bond motifs is 3. The van der Waals surface area contributed by atoms with Gasteiger partial charge in [-0.15, -0.1) is 0 Å². The molecule has 0 bridgehead atoms. The molecule has 0 unspecified atom stereocenters. The first kappa shape index (κ1) is 12.4. The summed E-state index contributed by atoms with van der Waals surface area (Å²) in [7, 11) is 1.76. The summed E-state index contributed by atoms with van der Waals surface area (Å²) in [6.45, 7) is 0. The minimum atomic E-state index is 0.953. The van der Waals surface area contributed by atoms with Crippen LogP contribution in [0.25, 0.3) is 54.6 Å². The Labute approximate surface area is 139 Å². The van der Waals surface area contributed by atoms with E-state index in [1.807, 2.05) is 0 Å². The van der Waals surface area contributed by atoms with E-state index in [0.29, 0.717) is 0 Å². The Bertz CT molecular complexity index is 1280. The quantitative estimate of drug-likeness (QED) is 0.327. The third-order valence-electron chi connectivity index (χ3n) is 5.43. The molecular formula is C23H14O.